The molecule has 0 bridgehead atoms. The van der Waals surface area contributed by atoms with Crippen LogP contribution in [-0.2, 0) is 25.6 Å². The standard InChI is InChI=1S/C20H30N4O6/c1-12(2)8-14(23-19(28)16(11-25)22-17(26)10-21)18(27)24-15(20(29)30)9-13-6-4-3-5-7-13/h3-7,12,14-16,25H,8-11,21H2,1-2H3,(H,22,26)(H,23,28)(H,24,27)(H,29,30). The average molecular weight is 422 g/mol. The van der Waals surface area contributed by atoms with Crippen molar-refractivity contribution in [3.63, 3.8) is 0 Å². The van der Waals surface area contributed by atoms with Crippen LogP contribution in [0.4, 0.5) is 0 Å². The minimum atomic E-state index is -1.27. The van der Waals surface area contributed by atoms with Crippen molar-refractivity contribution >= 4 is 23.7 Å². The van der Waals surface area contributed by atoms with E-state index >= 15 is 0 Å². The molecule has 7 N–H and O–H groups in total. The van der Waals surface area contributed by atoms with E-state index in [2.05, 4.69) is 16.0 Å². The lowest BCUT2D eigenvalue weighted by Gasteiger charge is -2.25. The predicted molar refractivity (Wildman–Crippen MR) is 109 cm³/mol. The molecule has 1 aromatic rings. The molecule has 10 nitrogen and oxygen atoms in total. The first-order chi connectivity index (χ1) is 14.2. The smallest absolute Gasteiger partial charge is 0.326 e. The second-order valence-corrected chi connectivity index (χ2v) is 7.29. The van der Waals surface area contributed by atoms with Gasteiger partial charge in [0, 0.05) is 6.42 Å². The summed E-state index contributed by atoms with van der Waals surface area (Å²) in [5, 5.41) is 26.0. The molecule has 0 radical (unpaired) electrons. The lowest BCUT2D eigenvalue weighted by Crippen LogP contribution is -2.57. The Morgan fingerprint density at radius 2 is 1.50 bits per heavy atom. The monoisotopic (exact) mass is 422 g/mol. The second-order valence-electron chi connectivity index (χ2n) is 7.29. The first-order valence-corrected chi connectivity index (χ1v) is 9.65. The first-order valence-electron chi connectivity index (χ1n) is 9.65. The van der Waals surface area contributed by atoms with E-state index in [0.29, 0.717) is 0 Å². The quantitative estimate of drug-likeness (QED) is 0.245. The Bertz CT molecular complexity index is 725. The highest BCUT2D eigenvalue weighted by Gasteiger charge is 2.29. The van der Waals surface area contributed by atoms with Gasteiger partial charge in [-0.15, -0.1) is 0 Å². The van der Waals surface area contributed by atoms with Gasteiger partial charge < -0.3 is 31.9 Å². The number of nitrogens with two attached hydrogens (primary N) is 1. The van der Waals surface area contributed by atoms with Gasteiger partial charge in [0.2, 0.25) is 17.7 Å². The van der Waals surface area contributed by atoms with Crippen LogP contribution in [0.5, 0.6) is 0 Å². The number of hydrogen-bond donors (Lipinski definition) is 6. The number of aliphatic carboxylic acids is 1. The molecule has 0 spiro atoms. The molecule has 0 aliphatic heterocycles. The van der Waals surface area contributed by atoms with E-state index in [1.807, 2.05) is 13.8 Å². The number of carbonyl (C=O) groups excluding carboxylic acids is 3. The summed E-state index contributed by atoms with van der Waals surface area (Å²) in [7, 11) is 0. The van der Waals surface area contributed by atoms with Crippen molar-refractivity contribution in [3.05, 3.63) is 35.9 Å². The summed E-state index contributed by atoms with van der Waals surface area (Å²) in [6.45, 7) is 2.63. The fourth-order valence-electron chi connectivity index (χ4n) is 2.74. The zero-order valence-electron chi connectivity index (χ0n) is 17.1. The van der Waals surface area contributed by atoms with Crippen molar-refractivity contribution in [2.75, 3.05) is 13.2 Å². The molecule has 0 aliphatic rings. The van der Waals surface area contributed by atoms with Crippen LogP contribution in [0.1, 0.15) is 25.8 Å². The van der Waals surface area contributed by atoms with Crippen molar-refractivity contribution < 1.29 is 29.4 Å². The molecule has 30 heavy (non-hydrogen) atoms. The Kier molecular flexibility index (Phi) is 10.5. The minimum Gasteiger partial charge on any atom is -0.480 e. The number of aliphatic hydroxyl groups is 1. The van der Waals surface area contributed by atoms with Gasteiger partial charge in [0.25, 0.3) is 0 Å². The molecular formula is C20H30N4O6. The maximum absolute atomic E-state index is 12.7. The Morgan fingerprint density at radius 1 is 0.933 bits per heavy atom. The topological polar surface area (TPSA) is 171 Å². The van der Waals surface area contributed by atoms with Crippen LogP contribution < -0.4 is 21.7 Å². The molecular weight excluding hydrogens is 392 g/mol. The number of carboxylic acid groups (broad SMARTS) is 1. The fourth-order valence-corrected chi connectivity index (χ4v) is 2.74. The van der Waals surface area contributed by atoms with Crippen molar-refractivity contribution in [2.45, 2.75) is 44.8 Å². The summed E-state index contributed by atoms with van der Waals surface area (Å²) in [5.41, 5.74) is 5.93. The molecule has 3 unspecified atom stereocenters. The Morgan fingerprint density at radius 3 is 2.00 bits per heavy atom. The minimum absolute atomic E-state index is 0.00432. The van der Waals surface area contributed by atoms with Gasteiger partial charge in [-0.3, -0.25) is 14.4 Å². The zero-order valence-corrected chi connectivity index (χ0v) is 17.1. The lowest BCUT2D eigenvalue weighted by molar-refractivity contribution is -0.142. The SMILES string of the molecule is CC(C)CC(NC(=O)C(CO)NC(=O)CN)C(=O)NC(Cc1ccccc1)C(=O)O. The number of amides is 3. The molecule has 0 fully saturated rings. The normalized spacial score (nSPS) is 13.8. The molecule has 10 heteroatoms. The van der Waals surface area contributed by atoms with E-state index < -0.39 is 48.4 Å². The van der Waals surface area contributed by atoms with Crippen LogP contribution in [0.15, 0.2) is 30.3 Å². The van der Waals surface area contributed by atoms with Crippen LogP contribution >= 0.6 is 0 Å². The summed E-state index contributed by atoms with van der Waals surface area (Å²) in [6.07, 6.45) is 0.314. The van der Waals surface area contributed by atoms with E-state index in [-0.39, 0.29) is 25.3 Å². The van der Waals surface area contributed by atoms with Gasteiger partial charge >= 0.3 is 5.97 Å². The maximum atomic E-state index is 12.7. The van der Waals surface area contributed by atoms with Crippen LogP contribution in [0.2, 0.25) is 0 Å². The van der Waals surface area contributed by atoms with Crippen LogP contribution in [0.3, 0.4) is 0 Å². The highest BCUT2D eigenvalue weighted by molar-refractivity contribution is 5.93. The summed E-state index contributed by atoms with van der Waals surface area (Å²) >= 11 is 0. The number of carbonyl (C=O) groups is 4. The molecule has 3 atom stereocenters. The van der Waals surface area contributed by atoms with Crippen molar-refractivity contribution in [1.29, 1.82) is 0 Å². The van der Waals surface area contributed by atoms with Crippen molar-refractivity contribution in [3.8, 4) is 0 Å². The van der Waals surface area contributed by atoms with Crippen LogP contribution in [0, 0.1) is 5.92 Å². The first kappa shape index (κ1) is 25.1. The predicted octanol–water partition coefficient (Wildman–Crippen LogP) is -1.23. The van der Waals surface area contributed by atoms with Gasteiger partial charge in [-0.1, -0.05) is 44.2 Å². The van der Waals surface area contributed by atoms with E-state index in [9.17, 15) is 29.4 Å². The van der Waals surface area contributed by atoms with Gasteiger partial charge in [-0.05, 0) is 17.9 Å². The molecule has 0 saturated carbocycles. The molecule has 166 valence electrons. The number of nitrogens with one attached hydrogen (secondary N) is 3. The Balaban J connectivity index is 2.89. The second kappa shape index (κ2) is 12.6. The van der Waals surface area contributed by atoms with Gasteiger partial charge in [0.1, 0.15) is 18.1 Å². The third-order valence-corrected chi connectivity index (χ3v) is 4.26. The van der Waals surface area contributed by atoms with Crippen LogP contribution in [-0.4, -0.2) is 65.2 Å². The average Bonchev–Trinajstić information content (AvgIpc) is 2.70. The highest BCUT2D eigenvalue weighted by atomic mass is 16.4. The number of hydrogen-bond acceptors (Lipinski definition) is 6. The van der Waals surface area contributed by atoms with Gasteiger partial charge in [-0.2, -0.15) is 0 Å². The summed E-state index contributed by atoms with van der Waals surface area (Å²) in [4.78, 5) is 48.2. The number of benzene rings is 1. The molecule has 0 aliphatic carbocycles. The summed E-state index contributed by atoms with van der Waals surface area (Å²) in [5.74, 6) is -3.27. The fraction of sp³-hybridized carbons (Fsp3) is 0.500. The van der Waals surface area contributed by atoms with Gasteiger partial charge in [0.15, 0.2) is 0 Å². The molecule has 0 heterocycles. The highest BCUT2D eigenvalue weighted by Crippen LogP contribution is 2.08. The molecule has 1 aromatic carbocycles. The number of rotatable bonds is 12. The lowest BCUT2D eigenvalue weighted by atomic mass is 10.0. The van der Waals surface area contributed by atoms with E-state index in [1.54, 1.807) is 30.3 Å². The Labute approximate surface area is 175 Å². The maximum Gasteiger partial charge on any atom is 0.326 e. The van der Waals surface area contributed by atoms with Gasteiger partial charge in [0.05, 0.1) is 13.2 Å². The molecule has 0 aromatic heterocycles. The largest absolute Gasteiger partial charge is 0.480 e. The molecule has 0 saturated heterocycles. The zero-order chi connectivity index (χ0) is 22.7. The Hall–Kier alpha value is -2.98. The van der Waals surface area contributed by atoms with Gasteiger partial charge in [-0.25, -0.2) is 4.79 Å². The third kappa shape index (κ3) is 8.58. The third-order valence-electron chi connectivity index (χ3n) is 4.26. The number of aliphatic hydroxyl groups excluding tert-OH is 1. The van der Waals surface area contributed by atoms with Crippen molar-refractivity contribution in [1.82, 2.24) is 16.0 Å². The van der Waals surface area contributed by atoms with E-state index in [0.717, 1.165) is 5.56 Å². The summed E-state index contributed by atoms with van der Waals surface area (Å²) in [6, 6.07) is 5.33. The molecule has 1 rings (SSSR count). The summed E-state index contributed by atoms with van der Waals surface area (Å²) < 4.78 is 0. The van der Waals surface area contributed by atoms with Crippen LogP contribution in [0.25, 0.3) is 0 Å². The van der Waals surface area contributed by atoms with E-state index in [1.165, 1.54) is 0 Å². The number of carboxylic acids is 1. The van der Waals surface area contributed by atoms with Crippen molar-refractivity contribution in [2.24, 2.45) is 11.7 Å². The molecule has 3 amide bonds. The van der Waals surface area contributed by atoms with E-state index in [4.69, 9.17) is 5.73 Å².